The van der Waals surface area contributed by atoms with Gasteiger partial charge in [-0.3, -0.25) is 19.0 Å². The van der Waals surface area contributed by atoms with Crippen LogP contribution in [0, 0.1) is 12.7 Å². The summed E-state index contributed by atoms with van der Waals surface area (Å²) in [5.74, 6) is -1.08. The fourth-order valence-electron chi connectivity index (χ4n) is 2.22. The van der Waals surface area contributed by atoms with Gasteiger partial charge in [-0.05, 0) is 38.1 Å². The number of benzene rings is 1. The lowest BCUT2D eigenvalue weighted by atomic mass is 10.1. The number of aryl methyl sites for hydroxylation is 1. The number of halogens is 2. The number of carbonyl (C=O) groups is 1. The predicted molar refractivity (Wildman–Crippen MR) is 98.9 cm³/mol. The van der Waals surface area contributed by atoms with Crippen molar-refractivity contribution in [2.75, 3.05) is 11.9 Å². The van der Waals surface area contributed by atoms with E-state index in [-0.39, 0.29) is 29.2 Å². The molecule has 2 rings (SSSR count). The predicted octanol–water partition coefficient (Wildman–Crippen LogP) is 2.38. The largest absolute Gasteiger partial charge is 0.391 e. The van der Waals surface area contributed by atoms with Crippen LogP contribution in [0.15, 0.2) is 33.5 Å². The first-order valence-electron chi connectivity index (χ1n) is 7.73. The Kier molecular flexibility index (Phi) is 6.52. The van der Waals surface area contributed by atoms with Crippen molar-refractivity contribution in [3.63, 3.8) is 0 Å². The molecule has 0 saturated heterocycles. The zero-order chi connectivity index (χ0) is 19.4. The summed E-state index contributed by atoms with van der Waals surface area (Å²) in [4.78, 5) is 29.6. The van der Waals surface area contributed by atoms with Crippen molar-refractivity contribution >= 4 is 33.3 Å². The maximum Gasteiger partial charge on any atom is 0.278 e. The second-order valence-electron chi connectivity index (χ2n) is 5.79. The summed E-state index contributed by atoms with van der Waals surface area (Å²) >= 11 is 3.17. The van der Waals surface area contributed by atoms with Crippen LogP contribution in [0.2, 0.25) is 0 Å². The van der Waals surface area contributed by atoms with Crippen molar-refractivity contribution in [3.8, 4) is 0 Å². The van der Waals surface area contributed by atoms with Gasteiger partial charge in [-0.1, -0.05) is 15.9 Å². The molecule has 0 spiro atoms. The third-order valence-corrected chi connectivity index (χ3v) is 4.00. The number of rotatable bonds is 6. The van der Waals surface area contributed by atoms with Crippen LogP contribution in [0.25, 0.3) is 0 Å². The summed E-state index contributed by atoms with van der Waals surface area (Å²) in [5.41, 5.74) is 2.41. The Morgan fingerprint density at radius 1 is 1.42 bits per heavy atom. The van der Waals surface area contributed by atoms with Crippen LogP contribution in [0.1, 0.15) is 22.8 Å². The Bertz CT molecular complexity index is 883. The van der Waals surface area contributed by atoms with Gasteiger partial charge in [0.2, 0.25) is 0 Å². The van der Waals surface area contributed by atoms with Crippen molar-refractivity contribution in [2.24, 2.45) is 7.05 Å². The molecule has 0 fully saturated rings. The summed E-state index contributed by atoms with van der Waals surface area (Å²) in [7, 11) is 1.47. The molecule has 1 aromatic heterocycles. The van der Waals surface area contributed by atoms with Gasteiger partial charge in [0, 0.05) is 17.1 Å². The van der Waals surface area contributed by atoms with E-state index in [0.717, 1.165) is 0 Å². The third-order valence-electron chi connectivity index (χ3n) is 3.51. The van der Waals surface area contributed by atoms with Crippen LogP contribution >= 0.6 is 15.9 Å². The van der Waals surface area contributed by atoms with E-state index in [1.165, 1.54) is 36.7 Å². The molecule has 0 aliphatic carbocycles. The normalized spacial score (nSPS) is 11.9. The standard InChI is InChI=1S/C17H19BrFN3O4/c1-9-6-12(16(24)21-26-8-10(2)23)15(22(3)17(9)25)20-14-5-4-11(18)7-13(14)19/h4-7,10,20,23H,8H2,1-3H3,(H,21,24). The highest BCUT2D eigenvalue weighted by molar-refractivity contribution is 9.10. The summed E-state index contributed by atoms with van der Waals surface area (Å²) in [6.07, 6.45) is -0.758. The topological polar surface area (TPSA) is 92.6 Å². The molecule has 2 aromatic rings. The molecule has 0 aliphatic heterocycles. The number of aliphatic hydroxyl groups is 1. The summed E-state index contributed by atoms with van der Waals surface area (Å²) in [5, 5.41) is 12.0. The van der Waals surface area contributed by atoms with Crippen molar-refractivity contribution in [3.05, 3.63) is 56.0 Å². The number of hydrogen-bond donors (Lipinski definition) is 3. The highest BCUT2D eigenvalue weighted by Crippen LogP contribution is 2.25. The molecule has 0 aliphatic rings. The molecule has 1 heterocycles. The van der Waals surface area contributed by atoms with E-state index in [0.29, 0.717) is 10.0 Å². The lowest BCUT2D eigenvalue weighted by Crippen LogP contribution is -2.31. The maximum atomic E-state index is 14.1. The number of nitrogens with zero attached hydrogens (tertiary/aromatic N) is 1. The average molecular weight is 428 g/mol. The molecule has 140 valence electrons. The minimum atomic E-state index is -0.758. The van der Waals surface area contributed by atoms with Crippen LogP contribution in [0.5, 0.6) is 0 Å². The minimum absolute atomic E-state index is 0.0949. The van der Waals surface area contributed by atoms with Gasteiger partial charge in [0.05, 0.1) is 17.4 Å². The zero-order valence-electron chi connectivity index (χ0n) is 14.5. The zero-order valence-corrected chi connectivity index (χ0v) is 16.1. The van der Waals surface area contributed by atoms with Crippen LogP contribution in [0.3, 0.4) is 0 Å². The van der Waals surface area contributed by atoms with Gasteiger partial charge in [0.1, 0.15) is 18.2 Å². The monoisotopic (exact) mass is 427 g/mol. The Morgan fingerprint density at radius 3 is 2.73 bits per heavy atom. The quantitative estimate of drug-likeness (QED) is 0.615. The molecule has 1 unspecified atom stereocenters. The van der Waals surface area contributed by atoms with Crippen molar-refractivity contribution in [1.29, 1.82) is 0 Å². The van der Waals surface area contributed by atoms with Gasteiger partial charge in [-0.2, -0.15) is 0 Å². The van der Waals surface area contributed by atoms with Gasteiger partial charge in [-0.15, -0.1) is 0 Å². The summed E-state index contributed by atoms with van der Waals surface area (Å²) in [6, 6.07) is 5.77. The van der Waals surface area contributed by atoms with Gasteiger partial charge >= 0.3 is 0 Å². The van der Waals surface area contributed by atoms with E-state index < -0.39 is 17.8 Å². The number of carbonyl (C=O) groups excluding carboxylic acids is 1. The molecule has 1 aromatic carbocycles. The van der Waals surface area contributed by atoms with Crippen molar-refractivity contribution in [1.82, 2.24) is 10.0 Å². The van der Waals surface area contributed by atoms with Gasteiger partial charge < -0.3 is 10.4 Å². The lowest BCUT2D eigenvalue weighted by molar-refractivity contribution is -0.00685. The molecular formula is C17H19BrFN3O4. The van der Waals surface area contributed by atoms with E-state index in [4.69, 9.17) is 4.84 Å². The molecule has 1 amide bonds. The fraction of sp³-hybridized carbons (Fsp3) is 0.294. The number of anilines is 2. The van der Waals surface area contributed by atoms with Crippen LogP contribution in [-0.4, -0.2) is 28.3 Å². The van der Waals surface area contributed by atoms with Crippen molar-refractivity contribution in [2.45, 2.75) is 20.0 Å². The number of nitrogens with one attached hydrogen (secondary N) is 2. The second kappa shape index (κ2) is 8.43. The number of aliphatic hydroxyl groups excluding tert-OH is 1. The minimum Gasteiger partial charge on any atom is -0.391 e. The van der Waals surface area contributed by atoms with Crippen LogP contribution < -0.4 is 16.4 Å². The smallest absolute Gasteiger partial charge is 0.278 e. The van der Waals surface area contributed by atoms with E-state index >= 15 is 0 Å². The molecular weight excluding hydrogens is 409 g/mol. The Labute approximate surface area is 157 Å². The first kappa shape index (κ1) is 20.1. The fourth-order valence-corrected chi connectivity index (χ4v) is 2.55. The molecule has 0 bridgehead atoms. The number of hydrogen-bond acceptors (Lipinski definition) is 5. The molecule has 26 heavy (non-hydrogen) atoms. The molecule has 7 nitrogen and oxygen atoms in total. The Hall–Kier alpha value is -2.23. The van der Waals surface area contributed by atoms with Gasteiger partial charge in [0.25, 0.3) is 11.5 Å². The highest BCUT2D eigenvalue weighted by Gasteiger charge is 2.18. The maximum absolute atomic E-state index is 14.1. The van der Waals surface area contributed by atoms with Crippen molar-refractivity contribution < 1.29 is 19.1 Å². The Morgan fingerprint density at radius 2 is 2.12 bits per heavy atom. The second-order valence-corrected chi connectivity index (χ2v) is 6.71. The number of hydroxylamine groups is 1. The SMILES string of the molecule is Cc1cc(C(=O)NOCC(C)O)c(Nc2ccc(Br)cc2F)n(C)c1=O. The average Bonchev–Trinajstić information content (AvgIpc) is 2.56. The molecule has 3 N–H and O–H groups in total. The number of pyridine rings is 1. The highest BCUT2D eigenvalue weighted by atomic mass is 79.9. The van der Waals surface area contributed by atoms with E-state index in [1.807, 2.05) is 0 Å². The lowest BCUT2D eigenvalue weighted by Gasteiger charge is -2.17. The van der Waals surface area contributed by atoms with Crippen LogP contribution in [0.4, 0.5) is 15.9 Å². The van der Waals surface area contributed by atoms with E-state index in [2.05, 4.69) is 26.7 Å². The van der Waals surface area contributed by atoms with E-state index in [1.54, 1.807) is 13.0 Å². The van der Waals surface area contributed by atoms with Crippen LogP contribution in [-0.2, 0) is 11.9 Å². The molecule has 1 atom stereocenters. The first-order chi connectivity index (χ1) is 12.2. The summed E-state index contributed by atoms with van der Waals surface area (Å²) < 4.78 is 15.9. The third kappa shape index (κ3) is 4.69. The van der Waals surface area contributed by atoms with Gasteiger partial charge in [-0.25, -0.2) is 9.87 Å². The Balaban J connectivity index is 2.41. The molecule has 9 heteroatoms. The first-order valence-corrected chi connectivity index (χ1v) is 8.53. The number of amides is 1. The molecule has 0 radical (unpaired) electrons. The van der Waals surface area contributed by atoms with Gasteiger partial charge in [0.15, 0.2) is 0 Å². The van der Waals surface area contributed by atoms with E-state index in [9.17, 15) is 19.1 Å². The molecule has 0 saturated carbocycles. The number of aromatic nitrogens is 1. The summed E-state index contributed by atoms with van der Waals surface area (Å²) in [6.45, 7) is 2.98.